The highest BCUT2D eigenvalue weighted by molar-refractivity contribution is 5.80. The molecule has 6 heteroatoms. The second kappa shape index (κ2) is 8.14. The Hall–Kier alpha value is -1.61. The van der Waals surface area contributed by atoms with Crippen molar-refractivity contribution < 1.29 is 14.5 Å². The maximum absolute atomic E-state index is 12.1. The summed E-state index contributed by atoms with van der Waals surface area (Å²) in [5, 5.41) is 14.9. The lowest BCUT2D eigenvalue weighted by Crippen LogP contribution is -3.14. The summed E-state index contributed by atoms with van der Waals surface area (Å²) in [4.78, 5) is 25.0. The maximum Gasteiger partial charge on any atom is 0.276 e. The van der Waals surface area contributed by atoms with Gasteiger partial charge in [-0.15, -0.1) is 0 Å². The van der Waals surface area contributed by atoms with Crippen LogP contribution in [0, 0.1) is 17.2 Å². The first-order valence-corrected chi connectivity index (χ1v) is 7.80. The van der Waals surface area contributed by atoms with Crippen molar-refractivity contribution in [3.8, 4) is 6.07 Å². The highest BCUT2D eigenvalue weighted by Crippen LogP contribution is 2.14. The molecule has 0 aromatic rings. The number of carbonyl (C=O) groups is 2. The molecule has 2 amide bonds. The van der Waals surface area contributed by atoms with E-state index in [9.17, 15) is 14.9 Å². The normalized spacial score (nSPS) is 15.6. The Balaban J connectivity index is 4.60. The van der Waals surface area contributed by atoms with E-state index in [0.717, 1.165) is 4.90 Å². The summed E-state index contributed by atoms with van der Waals surface area (Å²) in [5.41, 5.74) is -1.17. The Labute approximate surface area is 134 Å². The van der Waals surface area contributed by atoms with Crippen LogP contribution in [0.25, 0.3) is 0 Å². The first kappa shape index (κ1) is 20.4. The van der Waals surface area contributed by atoms with Gasteiger partial charge in [0.25, 0.3) is 11.8 Å². The van der Waals surface area contributed by atoms with Crippen molar-refractivity contribution in [2.75, 3.05) is 19.6 Å². The summed E-state index contributed by atoms with van der Waals surface area (Å²) < 4.78 is 0. The third-order valence-electron chi connectivity index (χ3n) is 3.62. The van der Waals surface area contributed by atoms with Crippen LogP contribution in [0.1, 0.15) is 48.5 Å². The zero-order valence-corrected chi connectivity index (χ0v) is 15.0. The van der Waals surface area contributed by atoms with Crippen molar-refractivity contribution in [3.63, 3.8) is 0 Å². The predicted octanol–water partition coefficient (Wildman–Crippen LogP) is -0.140. The molecule has 0 spiro atoms. The Morgan fingerprint density at radius 1 is 1.09 bits per heavy atom. The number of hydrogen-bond donors (Lipinski definition) is 3. The van der Waals surface area contributed by atoms with Gasteiger partial charge in [0.05, 0.1) is 12.6 Å². The molecular weight excluding hydrogens is 280 g/mol. The number of rotatable bonds is 7. The second-order valence-electron chi connectivity index (χ2n) is 7.27. The number of likely N-dealkylation sites (N-methyl/N-ethyl adjacent to an activating group) is 1. The van der Waals surface area contributed by atoms with E-state index in [1.807, 2.05) is 41.5 Å². The molecule has 2 atom stereocenters. The Bertz CT molecular complexity index is 434. The lowest BCUT2D eigenvalue weighted by atomic mass is 9.90. The van der Waals surface area contributed by atoms with Gasteiger partial charge in [-0.3, -0.25) is 9.59 Å². The third kappa shape index (κ3) is 7.41. The van der Waals surface area contributed by atoms with Gasteiger partial charge in [0.2, 0.25) is 0 Å². The number of nitriles is 1. The first-order valence-electron chi connectivity index (χ1n) is 7.80. The van der Waals surface area contributed by atoms with Crippen LogP contribution in [0.3, 0.4) is 0 Å². The zero-order chi connectivity index (χ0) is 17.6. The number of nitrogens with zero attached hydrogens (tertiary/aromatic N) is 1. The molecule has 0 aliphatic heterocycles. The fraction of sp³-hybridized carbons (Fsp3) is 0.812. The van der Waals surface area contributed by atoms with Crippen molar-refractivity contribution in [1.82, 2.24) is 10.6 Å². The van der Waals surface area contributed by atoms with E-state index < -0.39 is 5.54 Å². The Morgan fingerprint density at radius 2 is 1.55 bits per heavy atom. The quantitative estimate of drug-likeness (QED) is 0.612. The molecule has 0 radical (unpaired) electrons. The van der Waals surface area contributed by atoms with E-state index in [-0.39, 0.29) is 36.4 Å². The molecule has 0 aliphatic rings. The second-order valence-corrected chi connectivity index (χ2v) is 7.27. The topological polar surface area (TPSA) is 86.4 Å². The van der Waals surface area contributed by atoms with Gasteiger partial charge >= 0.3 is 0 Å². The molecule has 0 aromatic heterocycles. The van der Waals surface area contributed by atoms with Gasteiger partial charge in [-0.05, 0) is 40.5 Å². The number of quaternary nitrogens is 1. The lowest BCUT2D eigenvalue weighted by Gasteiger charge is -2.28. The third-order valence-corrected chi connectivity index (χ3v) is 3.62. The average Bonchev–Trinajstić information content (AvgIpc) is 2.34. The van der Waals surface area contributed by atoms with Crippen LogP contribution in [0.15, 0.2) is 0 Å². The van der Waals surface area contributed by atoms with Crippen LogP contribution in [-0.4, -0.2) is 42.5 Å². The molecule has 0 aromatic carbocycles. The molecular formula is C16H31N4O2+. The fourth-order valence-corrected chi connectivity index (χ4v) is 1.86. The van der Waals surface area contributed by atoms with Crippen LogP contribution < -0.4 is 15.5 Å². The predicted molar refractivity (Wildman–Crippen MR) is 86.1 cm³/mol. The first-order chi connectivity index (χ1) is 9.93. The molecule has 0 rings (SSSR count). The summed E-state index contributed by atoms with van der Waals surface area (Å²) in [6, 6.07) is 2.15. The van der Waals surface area contributed by atoms with Gasteiger partial charge in [-0.25, -0.2) is 0 Å². The van der Waals surface area contributed by atoms with Gasteiger partial charge in [-0.2, -0.15) is 5.26 Å². The zero-order valence-electron chi connectivity index (χ0n) is 15.0. The largest absolute Gasteiger partial charge is 0.347 e. The lowest BCUT2D eigenvalue weighted by molar-refractivity contribution is -0.882. The molecule has 22 heavy (non-hydrogen) atoms. The van der Waals surface area contributed by atoms with Gasteiger partial charge in [0.15, 0.2) is 13.1 Å². The summed E-state index contributed by atoms with van der Waals surface area (Å²) in [5.74, 6) is -0.280. The fourth-order valence-electron chi connectivity index (χ4n) is 1.86. The molecule has 0 aliphatic carbocycles. The molecule has 0 bridgehead atoms. The van der Waals surface area contributed by atoms with Gasteiger partial charge < -0.3 is 15.5 Å². The van der Waals surface area contributed by atoms with Crippen molar-refractivity contribution in [2.24, 2.45) is 5.92 Å². The monoisotopic (exact) mass is 311 g/mol. The molecule has 3 N–H and O–H groups in total. The number of hydrogen-bond acceptors (Lipinski definition) is 3. The average molecular weight is 311 g/mol. The molecule has 0 saturated carbocycles. The highest BCUT2D eigenvalue weighted by atomic mass is 16.2. The van der Waals surface area contributed by atoms with E-state index in [0.29, 0.717) is 6.54 Å². The maximum atomic E-state index is 12.1. The number of carbonyl (C=O) groups excluding carboxylic acids is 2. The van der Waals surface area contributed by atoms with Crippen LogP contribution in [0.5, 0.6) is 0 Å². The van der Waals surface area contributed by atoms with E-state index in [1.165, 1.54) is 0 Å². The van der Waals surface area contributed by atoms with Crippen molar-refractivity contribution in [1.29, 1.82) is 5.26 Å². The molecule has 0 saturated heterocycles. The van der Waals surface area contributed by atoms with Crippen LogP contribution in [0.2, 0.25) is 0 Å². The minimum absolute atomic E-state index is 0.00992. The summed E-state index contributed by atoms with van der Waals surface area (Å²) in [6.07, 6.45) is 0. The Kier molecular flexibility index (Phi) is 7.54. The number of nitrogens with one attached hydrogen (secondary N) is 3. The van der Waals surface area contributed by atoms with E-state index in [1.54, 1.807) is 6.92 Å². The molecule has 1 unspecified atom stereocenters. The van der Waals surface area contributed by atoms with Crippen LogP contribution >= 0.6 is 0 Å². The highest BCUT2D eigenvalue weighted by Gasteiger charge is 2.31. The summed E-state index contributed by atoms with van der Waals surface area (Å²) in [6.45, 7) is 14.3. The summed E-state index contributed by atoms with van der Waals surface area (Å²) in [7, 11) is 0. The van der Waals surface area contributed by atoms with Gasteiger partial charge in [0, 0.05) is 5.54 Å². The summed E-state index contributed by atoms with van der Waals surface area (Å²) >= 11 is 0. The van der Waals surface area contributed by atoms with Crippen molar-refractivity contribution in [2.45, 2.75) is 59.5 Å². The van der Waals surface area contributed by atoms with Crippen LogP contribution in [-0.2, 0) is 9.59 Å². The molecule has 0 heterocycles. The molecule has 6 nitrogen and oxygen atoms in total. The smallest absolute Gasteiger partial charge is 0.276 e. The Morgan fingerprint density at radius 3 is 1.86 bits per heavy atom. The van der Waals surface area contributed by atoms with E-state index >= 15 is 0 Å². The molecule has 0 fully saturated rings. The van der Waals surface area contributed by atoms with Crippen molar-refractivity contribution >= 4 is 11.8 Å². The van der Waals surface area contributed by atoms with Gasteiger partial charge in [-0.1, -0.05) is 13.8 Å². The van der Waals surface area contributed by atoms with E-state index in [2.05, 4.69) is 16.7 Å². The van der Waals surface area contributed by atoms with Crippen molar-refractivity contribution in [3.05, 3.63) is 0 Å². The minimum Gasteiger partial charge on any atom is -0.347 e. The number of amides is 2. The minimum atomic E-state index is -0.885. The van der Waals surface area contributed by atoms with Gasteiger partial charge in [0.1, 0.15) is 5.54 Å². The molecule has 126 valence electrons. The van der Waals surface area contributed by atoms with Crippen LogP contribution in [0.4, 0.5) is 0 Å². The SMILES string of the molecule is CC[NH+](CC(=O)NC(C)(C)C)CC(=O)N[C@](C)(C#N)C(C)C. The standard InChI is InChI=1S/C16H30N4O2/c1-8-20(9-13(21)18-15(4,5)6)10-14(22)19-16(7,11-17)12(2)3/h12H,8-10H2,1-7H3,(H,18,21)(H,19,22)/p+1/t16-/m1/s1. The van der Waals surface area contributed by atoms with E-state index in [4.69, 9.17) is 0 Å².